The summed E-state index contributed by atoms with van der Waals surface area (Å²) in [4.78, 5) is 47.6. The number of likely N-dealkylation sites (tertiary alicyclic amines) is 1. The van der Waals surface area contributed by atoms with E-state index >= 15 is 0 Å². The predicted molar refractivity (Wildman–Crippen MR) is 161 cm³/mol. The average Bonchev–Trinajstić information content (AvgIpc) is 3.31. The minimum atomic E-state index is -2.50. The molecule has 0 unspecified atom stereocenters. The molecule has 11 nitrogen and oxygen atoms in total. The van der Waals surface area contributed by atoms with Gasteiger partial charge in [-0.1, -0.05) is 18.2 Å². The number of aromatic nitrogens is 1. The van der Waals surface area contributed by atoms with Gasteiger partial charge in [0.05, 0.1) is 28.5 Å². The van der Waals surface area contributed by atoms with E-state index in [9.17, 15) is 22.8 Å². The molecular formula is C29H27N5O6S2. The van der Waals surface area contributed by atoms with Crippen molar-refractivity contribution in [3.63, 3.8) is 0 Å². The van der Waals surface area contributed by atoms with E-state index in [1.165, 1.54) is 11.3 Å². The van der Waals surface area contributed by atoms with Crippen molar-refractivity contribution in [3.8, 4) is 11.5 Å². The number of thiol groups is 1. The Morgan fingerprint density at radius 3 is 2.62 bits per heavy atom. The first-order chi connectivity index (χ1) is 20.3. The molecule has 0 aliphatic carbocycles. The summed E-state index contributed by atoms with van der Waals surface area (Å²) in [5.41, 5.74) is 2.53. The van der Waals surface area contributed by atoms with E-state index in [0.29, 0.717) is 56.7 Å². The van der Waals surface area contributed by atoms with Gasteiger partial charge in [-0.3, -0.25) is 14.5 Å². The molecule has 2 aromatic carbocycles. The standard InChI is InChI=1S/C29H27N5O6S2/c1-17-14-20(40-19-6-3-2-4-7-19)9-10-21(17)34-22-11-12-30-28-24(22)25(32-29(34)37)26(41-28)27(36)31-18-15-33(16-18)23(35)8-5-13-42(38)39/h2-4,6-7,9-12,14,18,42H,5,8,13,15-16H2,1H3,(H,31,36)(H,32,37). The minimum absolute atomic E-state index is 0.0173. The molecule has 1 fully saturated rings. The van der Waals surface area contributed by atoms with Gasteiger partial charge in [-0.2, -0.15) is 0 Å². The van der Waals surface area contributed by atoms with Gasteiger partial charge in [0.15, 0.2) is 0 Å². The highest BCUT2D eigenvalue weighted by Crippen LogP contribution is 2.46. The van der Waals surface area contributed by atoms with Gasteiger partial charge in [-0.05, 0) is 55.3 Å². The summed E-state index contributed by atoms with van der Waals surface area (Å²) in [7, 11) is -2.50. The number of rotatable bonds is 9. The molecule has 216 valence electrons. The molecule has 0 radical (unpaired) electrons. The summed E-state index contributed by atoms with van der Waals surface area (Å²) in [6.45, 7) is 2.60. The van der Waals surface area contributed by atoms with Gasteiger partial charge in [0.2, 0.25) is 5.91 Å². The number of para-hydroxylation sites is 1. The Morgan fingerprint density at radius 1 is 1.10 bits per heavy atom. The number of thiophene rings is 1. The van der Waals surface area contributed by atoms with Crippen LogP contribution in [0, 0.1) is 6.92 Å². The lowest BCUT2D eigenvalue weighted by molar-refractivity contribution is -0.135. The number of benzene rings is 2. The van der Waals surface area contributed by atoms with E-state index in [4.69, 9.17) is 4.74 Å². The predicted octanol–water partition coefficient (Wildman–Crippen LogP) is 4.41. The zero-order valence-electron chi connectivity index (χ0n) is 22.5. The highest BCUT2D eigenvalue weighted by atomic mass is 32.2. The largest absolute Gasteiger partial charge is 0.457 e. The van der Waals surface area contributed by atoms with Gasteiger partial charge in [0.25, 0.3) is 5.91 Å². The Kier molecular flexibility index (Phi) is 7.52. The summed E-state index contributed by atoms with van der Waals surface area (Å²) in [6, 6.07) is 16.1. The number of nitrogens with zero attached hydrogens (tertiary/aromatic N) is 3. The fourth-order valence-electron chi connectivity index (χ4n) is 5.09. The molecule has 2 aliphatic heterocycles. The van der Waals surface area contributed by atoms with Crippen LogP contribution in [0.25, 0.3) is 10.2 Å². The monoisotopic (exact) mass is 605 g/mol. The topological polar surface area (TPSA) is 138 Å². The molecule has 0 atom stereocenters. The van der Waals surface area contributed by atoms with Gasteiger partial charge in [0.1, 0.15) is 31.9 Å². The van der Waals surface area contributed by atoms with Crippen molar-refractivity contribution in [2.24, 2.45) is 0 Å². The maximum absolute atomic E-state index is 13.5. The van der Waals surface area contributed by atoms with E-state index < -0.39 is 16.7 Å². The Hall–Kier alpha value is -4.49. The molecule has 6 rings (SSSR count). The van der Waals surface area contributed by atoms with Crippen molar-refractivity contribution >= 4 is 67.2 Å². The van der Waals surface area contributed by atoms with Gasteiger partial charge in [-0.15, -0.1) is 11.3 Å². The van der Waals surface area contributed by atoms with Crippen LogP contribution in [0.2, 0.25) is 0 Å². The van der Waals surface area contributed by atoms with Crippen LogP contribution in [-0.2, 0) is 15.5 Å². The summed E-state index contributed by atoms with van der Waals surface area (Å²) < 4.78 is 27.4. The van der Waals surface area contributed by atoms with Crippen LogP contribution < -0.4 is 20.3 Å². The van der Waals surface area contributed by atoms with E-state index in [1.54, 1.807) is 28.1 Å². The van der Waals surface area contributed by atoms with E-state index in [-0.39, 0.29) is 36.5 Å². The molecule has 4 aromatic rings. The molecular weight excluding hydrogens is 578 g/mol. The lowest BCUT2D eigenvalue weighted by Crippen LogP contribution is -2.60. The second kappa shape index (κ2) is 11.4. The molecule has 0 saturated carbocycles. The number of aryl methyl sites for hydroxylation is 1. The van der Waals surface area contributed by atoms with Gasteiger partial charge in [-0.25, -0.2) is 18.2 Å². The van der Waals surface area contributed by atoms with Crippen molar-refractivity contribution < 1.29 is 27.5 Å². The van der Waals surface area contributed by atoms with Crippen LogP contribution in [0.4, 0.5) is 21.9 Å². The van der Waals surface area contributed by atoms with Crippen molar-refractivity contribution in [1.29, 1.82) is 0 Å². The third kappa shape index (κ3) is 5.40. The Balaban J connectivity index is 1.19. The SMILES string of the molecule is Cc1cc(Oc2ccccc2)ccc1N1C(=O)Nc2c(C(=O)NC3CN(C(=O)CCC[SH](=O)=O)C3)sc3nccc1c23. The number of hydrogen-bond acceptors (Lipinski definition) is 8. The quantitative estimate of drug-likeness (QED) is 0.240. The van der Waals surface area contributed by atoms with Crippen molar-refractivity contribution in [1.82, 2.24) is 15.2 Å². The number of carbonyl (C=O) groups excluding carboxylic acids is 3. The Morgan fingerprint density at radius 2 is 1.88 bits per heavy atom. The average molecular weight is 606 g/mol. The fourth-order valence-corrected chi connectivity index (χ4v) is 6.53. The molecule has 2 aliphatic rings. The first-order valence-electron chi connectivity index (χ1n) is 13.3. The summed E-state index contributed by atoms with van der Waals surface area (Å²) >= 11 is 1.19. The number of nitrogens with one attached hydrogen (secondary N) is 2. The fraction of sp³-hybridized carbons (Fsp3) is 0.241. The Labute approximate surface area is 247 Å². The maximum atomic E-state index is 13.5. The first-order valence-corrected chi connectivity index (χ1v) is 15.5. The molecule has 0 spiro atoms. The van der Waals surface area contributed by atoms with Crippen LogP contribution in [0.15, 0.2) is 60.8 Å². The lowest BCUT2D eigenvalue weighted by Gasteiger charge is -2.39. The van der Waals surface area contributed by atoms with Crippen LogP contribution >= 0.6 is 11.3 Å². The highest BCUT2D eigenvalue weighted by molar-refractivity contribution is 7.72. The van der Waals surface area contributed by atoms with Crippen molar-refractivity contribution in [2.45, 2.75) is 25.8 Å². The molecule has 1 saturated heterocycles. The number of urea groups is 1. The third-order valence-electron chi connectivity index (χ3n) is 7.14. The number of ether oxygens (including phenoxy) is 1. The van der Waals surface area contributed by atoms with Gasteiger partial charge < -0.3 is 20.3 Å². The number of amides is 4. The Bertz CT molecular complexity index is 1770. The molecule has 2 N–H and O–H groups in total. The summed E-state index contributed by atoms with van der Waals surface area (Å²) in [6.07, 6.45) is 2.06. The summed E-state index contributed by atoms with van der Waals surface area (Å²) in [5.74, 6) is 0.847. The second-order valence-electron chi connectivity index (χ2n) is 10.1. The van der Waals surface area contributed by atoms with Gasteiger partial charge in [0, 0.05) is 31.5 Å². The number of anilines is 3. The molecule has 13 heteroatoms. The molecule has 4 heterocycles. The molecule has 4 amide bonds. The maximum Gasteiger partial charge on any atom is 0.331 e. The second-order valence-corrected chi connectivity index (χ2v) is 12.2. The zero-order valence-corrected chi connectivity index (χ0v) is 24.2. The van der Waals surface area contributed by atoms with Crippen LogP contribution in [-0.4, -0.2) is 61.0 Å². The number of hydrogen-bond donors (Lipinski definition) is 3. The summed E-state index contributed by atoms with van der Waals surface area (Å²) in [5, 5.41) is 6.52. The van der Waals surface area contributed by atoms with E-state index in [1.807, 2.05) is 49.4 Å². The third-order valence-corrected chi connectivity index (χ3v) is 8.92. The molecule has 0 bridgehead atoms. The smallest absolute Gasteiger partial charge is 0.331 e. The van der Waals surface area contributed by atoms with Gasteiger partial charge >= 0.3 is 6.03 Å². The highest BCUT2D eigenvalue weighted by Gasteiger charge is 2.36. The van der Waals surface area contributed by atoms with E-state index in [2.05, 4.69) is 15.6 Å². The number of pyridine rings is 1. The first kappa shape index (κ1) is 27.7. The molecule has 2 aromatic heterocycles. The molecule has 42 heavy (non-hydrogen) atoms. The minimum Gasteiger partial charge on any atom is -0.457 e. The van der Waals surface area contributed by atoms with E-state index in [0.717, 1.165) is 5.56 Å². The normalized spacial score (nSPS) is 14.6. The van der Waals surface area contributed by atoms with Crippen LogP contribution in [0.5, 0.6) is 11.5 Å². The lowest BCUT2D eigenvalue weighted by atomic mass is 10.1. The number of carbonyl (C=O) groups is 3. The van der Waals surface area contributed by atoms with Crippen LogP contribution in [0.3, 0.4) is 0 Å². The zero-order chi connectivity index (χ0) is 29.4. The van der Waals surface area contributed by atoms with Crippen LogP contribution in [0.1, 0.15) is 28.1 Å². The van der Waals surface area contributed by atoms with Crippen molar-refractivity contribution in [3.05, 3.63) is 71.2 Å². The van der Waals surface area contributed by atoms with Crippen molar-refractivity contribution in [2.75, 3.05) is 29.1 Å².